The van der Waals surface area contributed by atoms with Crippen LogP contribution < -0.4 is 32.9 Å². The van der Waals surface area contributed by atoms with Crippen LogP contribution in [0.4, 0.5) is 4.39 Å². The third-order valence-corrected chi connectivity index (χ3v) is 9.08. The van der Waals surface area contributed by atoms with Gasteiger partial charge in [0.15, 0.2) is 0 Å². The molecule has 140 valence electrons. The van der Waals surface area contributed by atoms with Gasteiger partial charge >= 0.3 is 0 Å². The molecule has 0 atom stereocenters. The maximum Gasteiger partial charge on any atom is 0.123 e. The molecule has 0 nitrogen and oxygen atoms in total. The molecule has 0 amide bonds. The van der Waals surface area contributed by atoms with Gasteiger partial charge in [0.05, 0.1) is 6.66 Å². The van der Waals surface area contributed by atoms with Crippen LogP contribution in [0.5, 0.6) is 0 Å². The highest BCUT2D eigenvalue weighted by Gasteiger charge is 2.41. The smallest absolute Gasteiger partial charge is 0.123 e. The molecule has 28 heavy (non-hydrogen) atoms. The SMILES string of the molecule is C[P+](c1ccccc1)(c1ccccc1)c1ccccc1-c1cccc(F)c1.[Br-]. The lowest BCUT2D eigenvalue weighted by molar-refractivity contribution is -0.00000585. The lowest BCUT2D eigenvalue weighted by Crippen LogP contribution is -3.00. The van der Waals surface area contributed by atoms with Crippen molar-refractivity contribution in [3.05, 3.63) is 115 Å². The molecular formula is C25H21BrFP. The maximum absolute atomic E-state index is 13.9. The van der Waals surface area contributed by atoms with Crippen molar-refractivity contribution in [2.24, 2.45) is 0 Å². The molecule has 0 spiro atoms. The molecule has 0 aliphatic carbocycles. The molecule has 0 bridgehead atoms. The van der Waals surface area contributed by atoms with Crippen LogP contribution in [-0.4, -0.2) is 6.66 Å². The Morgan fingerprint density at radius 2 is 1.14 bits per heavy atom. The van der Waals surface area contributed by atoms with Crippen molar-refractivity contribution in [3.8, 4) is 11.1 Å². The van der Waals surface area contributed by atoms with Gasteiger partial charge in [-0.25, -0.2) is 4.39 Å². The van der Waals surface area contributed by atoms with Crippen LogP contribution in [0.1, 0.15) is 0 Å². The van der Waals surface area contributed by atoms with Crippen LogP contribution in [0.15, 0.2) is 109 Å². The van der Waals surface area contributed by atoms with Crippen LogP contribution in [0.25, 0.3) is 11.1 Å². The monoisotopic (exact) mass is 450 g/mol. The second-order valence-corrected chi connectivity index (χ2v) is 10.2. The third-order valence-electron chi connectivity index (χ3n) is 5.07. The van der Waals surface area contributed by atoms with E-state index in [1.54, 1.807) is 12.1 Å². The highest BCUT2D eigenvalue weighted by molar-refractivity contribution is 7.95. The summed E-state index contributed by atoms with van der Waals surface area (Å²) < 4.78 is 13.9. The first-order valence-electron chi connectivity index (χ1n) is 9.03. The Labute approximate surface area is 177 Å². The van der Waals surface area contributed by atoms with Crippen molar-refractivity contribution >= 4 is 23.2 Å². The van der Waals surface area contributed by atoms with Gasteiger partial charge in [0.2, 0.25) is 0 Å². The Morgan fingerprint density at radius 1 is 0.607 bits per heavy atom. The second-order valence-electron chi connectivity index (χ2n) is 6.70. The van der Waals surface area contributed by atoms with Gasteiger partial charge in [-0.1, -0.05) is 66.7 Å². The van der Waals surface area contributed by atoms with Gasteiger partial charge in [0.1, 0.15) is 29.0 Å². The first kappa shape index (κ1) is 20.5. The van der Waals surface area contributed by atoms with E-state index in [9.17, 15) is 4.39 Å². The molecule has 4 rings (SSSR count). The molecule has 0 saturated carbocycles. The average molecular weight is 451 g/mol. The Morgan fingerprint density at radius 3 is 1.71 bits per heavy atom. The van der Waals surface area contributed by atoms with Crippen molar-refractivity contribution < 1.29 is 21.4 Å². The van der Waals surface area contributed by atoms with Gasteiger partial charge in [-0.05, 0) is 48.0 Å². The van der Waals surface area contributed by atoms with Gasteiger partial charge in [-0.3, -0.25) is 0 Å². The predicted molar refractivity (Wildman–Crippen MR) is 116 cm³/mol. The largest absolute Gasteiger partial charge is 1.00 e. The average Bonchev–Trinajstić information content (AvgIpc) is 2.74. The quantitative estimate of drug-likeness (QED) is 0.419. The van der Waals surface area contributed by atoms with E-state index in [4.69, 9.17) is 0 Å². The minimum absolute atomic E-state index is 0. The fourth-order valence-electron chi connectivity index (χ4n) is 3.64. The summed E-state index contributed by atoms with van der Waals surface area (Å²) in [7, 11) is -1.87. The molecule has 3 heteroatoms. The van der Waals surface area contributed by atoms with Gasteiger partial charge in [0.25, 0.3) is 0 Å². The van der Waals surface area contributed by atoms with Crippen LogP contribution in [0.2, 0.25) is 0 Å². The highest BCUT2D eigenvalue weighted by atomic mass is 79.9. The summed E-state index contributed by atoms with van der Waals surface area (Å²) in [5.41, 5.74) is 2.02. The normalized spacial score (nSPS) is 10.9. The molecule has 0 aromatic heterocycles. The molecule has 0 aliphatic rings. The third kappa shape index (κ3) is 3.81. The van der Waals surface area contributed by atoms with Gasteiger partial charge in [0, 0.05) is 5.56 Å². The van der Waals surface area contributed by atoms with E-state index >= 15 is 0 Å². The molecule has 0 heterocycles. The fourth-order valence-corrected chi connectivity index (χ4v) is 7.10. The minimum Gasteiger partial charge on any atom is -1.00 e. The number of benzene rings is 4. The Bertz CT molecular complexity index is 1010. The molecular weight excluding hydrogens is 430 g/mol. The van der Waals surface area contributed by atoms with E-state index in [1.807, 2.05) is 12.1 Å². The van der Waals surface area contributed by atoms with Crippen molar-refractivity contribution in [1.29, 1.82) is 0 Å². The number of rotatable bonds is 4. The van der Waals surface area contributed by atoms with E-state index in [2.05, 4.69) is 85.5 Å². The predicted octanol–water partition coefficient (Wildman–Crippen LogP) is 2.42. The van der Waals surface area contributed by atoms with Crippen LogP contribution in [-0.2, 0) is 0 Å². The van der Waals surface area contributed by atoms with Crippen molar-refractivity contribution in [3.63, 3.8) is 0 Å². The van der Waals surface area contributed by atoms with E-state index in [-0.39, 0.29) is 22.8 Å². The summed E-state index contributed by atoms with van der Waals surface area (Å²) in [6, 6.07) is 36.7. The van der Waals surface area contributed by atoms with Crippen LogP contribution >= 0.6 is 7.26 Å². The fraction of sp³-hybridized carbons (Fsp3) is 0.0400. The lowest BCUT2D eigenvalue weighted by atomic mass is 10.1. The van der Waals surface area contributed by atoms with Crippen LogP contribution in [0, 0.1) is 5.82 Å². The summed E-state index contributed by atoms with van der Waals surface area (Å²) in [6.07, 6.45) is 0. The first-order valence-corrected chi connectivity index (χ1v) is 11.3. The molecule has 0 radical (unpaired) electrons. The van der Waals surface area contributed by atoms with Gasteiger partial charge in [-0.15, -0.1) is 0 Å². The molecule has 4 aromatic carbocycles. The summed E-state index contributed by atoms with van der Waals surface area (Å²) in [6.45, 7) is 2.36. The Balaban J connectivity index is 0.00000225. The van der Waals surface area contributed by atoms with E-state index in [0.717, 1.165) is 11.1 Å². The zero-order chi connectivity index (χ0) is 18.7. The number of hydrogen-bond acceptors (Lipinski definition) is 0. The van der Waals surface area contributed by atoms with Crippen molar-refractivity contribution in [1.82, 2.24) is 0 Å². The maximum atomic E-state index is 13.9. The van der Waals surface area contributed by atoms with E-state index in [0.29, 0.717) is 0 Å². The Hall–Kier alpha value is -2.28. The summed E-state index contributed by atoms with van der Waals surface area (Å²) in [4.78, 5) is 0. The molecule has 0 aliphatic heterocycles. The number of hydrogen-bond donors (Lipinski definition) is 0. The Kier molecular flexibility index (Phi) is 6.44. The zero-order valence-electron chi connectivity index (χ0n) is 15.6. The lowest BCUT2D eigenvalue weighted by Gasteiger charge is -2.25. The molecule has 0 N–H and O–H groups in total. The molecule has 0 saturated heterocycles. The van der Waals surface area contributed by atoms with E-state index in [1.165, 1.54) is 22.0 Å². The standard InChI is InChI=1S/C25H21FP.BrH/c1-27(22-13-4-2-5-14-22,23-15-6-3-7-16-23)25-18-9-8-17-24(25)20-11-10-12-21(26)19-20;/h2-19H,1H3;1H/q+1;/p-1. The van der Waals surface area contributed by atoms with Gasteiger partial charge < -0.3 is 17.0 Å². The van der Waals surface area contributed by atoms with Gasteiger partial charge in [-0.2, -0.15) is 0 Å². The van der Waals surface area contributed by atoms with E-state index < -0.39 is 7.26 Å². The second kappa shape index (κ2) is 8.82. The molecule has 4 aromatic rings. The van der Waals surface area contributed by atoms with Crippen molar-refractivity contribution in [2.75, 3.05) is 6.66 Å². The zero-order valence-corrected chi connectivity index (χ0v) is 18.1. The molecule has 0 unspecified atom stereocenters. The van der Waals surface area contributed by atoms with Crippen molar-refractivity contribution in [2.45, 2.75) is 0 Å². The highest BCUT2D eigenvalue weighted by Crippen LogP contribution is 2.53. The summed E-state index contributed by atoms with van der Waals surface area (Å²) in [5, 5.41) is 3.91. The topological polar surface area (TPSA) is 0 Å². The number of halogens is 2. The van der Waals surface area contributed by atoms with Crippen LogP contribution in [0.3, 0.4) is 0 Å². The first-order chi connectivity index (χ1) is 13.2. The minimum atomic E-state index is -1.87. The summed E-state index contributed by atoms with van der Waals surface area (Å²) >= 11 is 0. The molecule has 0 fully saturated rings. The summed E-state index contributed by atoms with van der Waals surface area (Å²) in [5.74, 6) is -0.207.